The zero-order chi connectivity index (χ0) is 11.2. The van der Waals surface area contributed by atoms with Crippen molar-refractivity contribution in [3.05, 3.63) is 34.3 Å². The number of aryl methyl sites for hydroxylation is 1. The summed E-state index contributed by atoms with van der Waals surface area (Å²) in [4.78, 5) is 5.47. The van der Waals surface area contributed by atoms with E-state index in [0.717, 1.165) is 24.1 Å². The minimum atomic E-state index is 0.745. The van der Waals surface area contributed by atoms with Gasteiger partial charge in [-0.25, -0.2) is 4.98 Å². The Labute approximate surface area is 103 Å². The first-order chi connectivity index (χ1) is 7.86. The third kappa shape index (κ3) is 3.37. The molecule has 0 aliphatic rings. The third-order valence-electron chi connectivity index (χ3n) is 2.17. The van der Waals surface area contributed by atoms with E-state index in [1.165, 1.54) is 10.4 Å². The van der Waals surface area contributed by atoms with E-state index < -0.39 is 0 Å². The van der Waals surface area contributed by atoms with Crippen LogP contribution in [-0.4, -0.2) is 17.3 Å². The second kappa shape index (κ2) is 6.08. The molecule has 1 N–H and O–H groups in total. The Kier molecular flexibility index (Phi) is 4.44. The first-order valence-electron chi connectivity index (χ1n) is 5.12. The van der Waals surface area contributed by atoms with Gasteiger partial charge in [-0.2, -0.15) is 0 Å². The van der Waals surface area contributed by atoms with Crippen LogP contribution in [0.1, 0.15) is 10.4 Å². The molecular formula is C11H14N2OS2. The number of nitrogens with one attached hydrogen (secondary N) is 1. The Morgan fingerprint density at radius 2 is 2.50 bits per heavy atom. The lowest BCUT2D eigenvalue weighted by Crippen LogP contribution is -2.16. The summed E-state index contributed by atoms with van der Waals surface area (Å²) in [6.07, 6.45) is 3.27. The summed E-state index contributed by atoms with van der Waals surface area (Å²) in [6.45, 7) is 4.06. The highest BCUT2D eigenvalue weighted by Gasteiger charge is 2.00. The summed E-state index contributed by atoms with van der Waals surface area (Å²) in [5, 5.41) is 6.29. The highest BCUT2D eigenvalue weighted by Crippen LogP contribution is 2.15. The lowest BCUT2D eigenvalue weighted by atomic mass is 10.3. The quantitative estimate of drug-likeness (QED) is 0.635. The molecule has 0 unspecified atom stereocenters. The number of rotatable bonds is 6. The van der Waals surface area contributed by atoms with Gasteiger partial charge in [0, 0.05) is 23.7 Å². The van der Waals surface area contributed by atoms with Crippen molar-refractivity contribution in [1.29, 1.82) is 0 Å². The zero-order valence-corrected chi connectivity index (χ0v) is 10.7. The van der Waals surface area contributed by atoms with Gasteiger partial charge in [-0.3, -0.25) is 0 Å². The van der Waals surface area contributed by atoms with Crippen LogP contribution in [0.15, 0.2) is 33.5 Å². The molecule has 5 heteroatoms. The van der Waals surface area contributed by atoms with Crippen molar-refractivity contribution in [2.75, 3.05) is 12.3 Å². The number of hydrogen-bond donors (Lipinski definition) is 1. The summed E-state index contributed by atoms with van der Waals surface area (Å²) in [5.74, 6) is 0.977. The molecule has 0 fully saturated rings. The Morgan fingerprint density at radius 3 is 3.19 bits per heavy atom. The lowest BCUT2D eigenvalue weighted by molar-refractivity contribution is 0.454. The molecule has 16 heavy (non-hydrogen) atoms. The lowest BCUT2D eigenvalue weighted by Gasteiger charge is -2.02. The fraction of sp³-hybridized carbons (Fsp3) is 0.364. The standard InChI is InChI=1S/C11H14N2OS2/c1-9-2-6-15-10(9)8-12-4-7-16-11-13-3-5-14-11/h2-3,5-6,12H,4,7-8H2,1H3. The van der Waals surface area contributed by atoms with Gasteiger partial charge in [0.2, 0.25) is 0 Å². The Morgan fingerprint density at radius 1 is 1.56 bits per heavy atom. The first kappa shape index (κ1) is 11.7. The molecular weight excluding hydrogens is 240 g/mol. The molecule has 0 aliphatic carbocycles. The third-order valence-corrected chi connectivity index (χ3v) is 4.05. The van der Waals surface area contributed by atoms with Gasteiger partial charge < -0.3 is 9.73 Å². The largest absolute Gasteiger partial charge is 0.440 e. The smallest absolute Gasteiger partial charge is 0.255 e. The Bertz CT molecular complexity index is 411. The van der Waals surface area contributed by atoms with Gasteiger partial charge in [-0.05, 0) is 23.9 Å². The summed E-state index contributed by atoms with van der Waals surface area (Å²) >= 11 is 3.44. The van der Waals surface area contributed by atoms with Crippen LogP contribution in [0.5, 0.6) is 0 Å². The van der Waals surface area contributed by atoms with Crippen molar-refractivity contribution >= 4 is 23.1 Å². The second-order valence-corrected chi connectivity index (χ2v) is 5.40. The molecule has 3 nitrogen and oxygen atoms in total. The molecule has 0 atom stereocenters. The predicted molar refractivity (Wildman–Crippen MR) is 68.0 cm³/mol. The maximum atomic E-state index is 5.13. The van der Waals surface area contributed by atoms with Gasteiger partial charge >= 0.3 is 0 Å². The minimum absolute atomic E-state index is 0.745. The van der Waals surface area contributed by atoms with E-state index in [9.17, 15) is 0 Å². The van der Waals surface area contributed by atoms with E-state index in [-0.39, 0.29) is 0 Å². The van der Waals surface area contributed by atoms with Crippen LogP contribution in [0, 0.1) is 6.92 Å². The molecule has 2 rings (SSSR count). The van der Waals surface area contributed by atoms with Gasteiger partial charge in [0.25, 0.3) is 5.22 Å². The topological polar surface area (TPSA) is 38.1 Å². The Hall–Kier alpha value is -0.780. The maximum absolute atomic E-state index is 5.13. The predicted octanol–water partition coefficient (Wildman–Crippen LogP) is 2.93. The van der Waals surface area contributed by atoms with Crippen LogP contribution in [-0.2, 0) is 6.54 Å². The van der Waals surface area contributed by atoms with E-state index in [4.69, 9.17) is 4.42 Å². The molecule has 0 radical (unpaired) electrons. The Balaban J connectivity index is 1.61. The summed E-state index contributed by atoms with van der Waals surface area (Å²) in [5.41, 5.74) is 1.37. The SMILES string of the molecule is Cc1ccsc1CNCCSc1ncco1. The summed E-state index contributed by atoms with van der Waals surface area (Å²) < 4.78 is 5.13. The van der Waals surface area contributed by atoms with Crippen molar-refractivity contribution in [1.82, 2.24) is 10.3 Å². The molecule has 2 heterocycles. The molecule has 86 valence electrons. The van der Waals surface area contributed by atoms with E-state index in [0.29, 0.717) is 0 Å². The van der Waals surface area contributed by atoms with Crippen LogP contribution in [0.4, 0.5) is 0 Å². The van der Waals surface area contributed by atoms with E-state index in [2.05, 4.69) is 28.7 Å². The van der Waals surface area contributed by atoms with Crippen LogP contribution < -0.4 is 5.32 Å². The molecule has 0 saturated carbocycles. The van der Waals surface area contributed by atoms with Crippen molar-refractivity contribution in [2.45, 2.75) is 18.7 Å². The highest BCUT2D eigenvalue weighted by molar-refractivity contribution is 7.99. The van der Waals surface area contributed by atoms with Gasteiger partial charge in [-0.15, -0.1) is 11.3 Å². The van der Waals surface area contributed by atoms with Gasteiger partial charge in [0.1, 0.15) is 6.26 Å². The van der Waals surface area contributed by atoms with Crippen LogP contribution in [0.2, 0.25) is 0 Å². The fourth-order valence-electron chi connectivity index (χ4n) is 1.28. The normalized spacial score (nSPS) is 10.8. The van der Waals surface area contributed by atoms with E-state index >= 15 is 0 Å². The molecule has 0 amide bonds. The van der Waals surface area contributed by atoms with Crippen LogP contribution in [0.3, 0.4) is 0 Å². The van der Waals surface area contributed by atoms with E-state index in [1.807, 2.05) is 0 Å². The van der Waals surface area contributed by atoms with Gasteiger partial charge in [0.05, 0.1) is 6.20 Å². The fourth-order valence-corrected chi connectivity index (χ4v) is 2.84. The number of hydrogen-bond acceptors (Lipinski definition) is 5. The zero-order valence-electron chi connectivity index (χ0n) is 9.10. The average molecular weight is 254 g/mol. The molecule has 0 saturated heterocycles. The molecule has 0 aromatic carbocycles. The van der Waals surface area contributed by atoms with Crippen molar-refractivity contribution in [2.24, 2.45) is 0 Å². The maximum Gasteiger partial charge on any atom is 0.255 e. The number of nitrogens with zero attached hydrogens (tertiary/aromatic N) is 1. The van der Waals surface area contributed by atoms with Crippen molar-refractivity contribution < 1.29 is 4.42 Å². The molecule has 2 aromatic rings. The monoisotopic (exact) mass is 254 g/mol. The molecule has 0 bridgehead atoms. The van der Waals surface area contributed by atoms with Crippen LogP contribution >= 0.6 is 23.1 Å². The number of thiophene rings is 1. The average Bonchev–Trinajstić information content (AvgIpc) is 2.90. The minimum Gasteiger partial charge on any atom is -0.440 e. The van der Waals surface area contributed by atoms with Crippen LogP contribution in [0.25, 0.3) is 0 Å². The number of aromatic nitrogens is 1. The summed E-state index contributed by atoms with van der Waals surface area (Å²) in [7, 11) is 0. The van der Waals surface area contributed by atoms with Gasteiger partial charge in [0.15, 0.2) is 0 Å². The highest BCUT2D eigenvalue weighted by atomic mass is 32.2. The first-order valence-corrected chi connectivity index (χ1v) is 6.99. The molecule has 0 spiro atoms. The molecule has 2 aromatic heterocycles. The van der Waals surface area contributed by atoms with Gasteiger partial charge in [-0.1, -0.05) is 11.8 Å². The van der Waals surface area contributed by atoms with E-state index in [1.54, 1.807) is 35.6 Å². The molecule has 0 aliphatic heterocycles. The van der Waals surface area contributed by atoms with Crippen molar-refractivity contribution in [3.8, 4) is 0 Å². The second-order valence-electron chi connectivity index (χ2n) is 3.35. The van der Waals surface area contributed by atoms with Crippen molar-refractivity contribution in [3.63, 3.8) is 0 Å². The number of oxazole rings is 1. The summed E-state index contributed by atoms with van der Waals surface area (Å²) in [6, 6.07) is 2.16. The number of thioether (sulfide) groups is 1.